The van der Waals surface area contributed by atoms with Crippen molar-refractivity contribution in [1.29, 1.82) is 0 Å². The second kappa shape index (κ2) is 6.25. The van der Waals surface area contributed by atoms with Crippen LogP contribution < -0.4 is 5.32 Å². The number of rotatable bonds is 5. The first-order valence-corrected chi connectivity index (χ1v) is 8.40. The third-order valence-electron chi connectivity index (χ3n) is 4.53. The third-order valence-corrected chi connectivity index (χ3v) is 4.53. The Hall–Kier alpha value is -3.22. The van der Waals surface area contributed by atoms with E-state index in [0.717, 1.165) is 18.5 Å². The number of carbonyl (C=O) groups excluding carboxylic acids is 1. The molecule has 1 aliphatic rings. The van der Waals surface area contributed by atoms with Crippen LogP contribution in [0.15, 0.2) is 40.9 Å². The molecule has 0 aliphatic heterocycles. The lowest BCUT2D eigenvalue weighted by Crippen LogP contribution is -2.34. The van der Waals surface area contributed by atoms with Crippen LogP contribution in [0.2, 0.25) is 0 Å². The molecule has 1 unspecified atom stereocenters. The Morgan fingerprint density at radius 1 is 1.27 bits per heavy atom. The molecular formula is C19H17N3O4. The Kier molecular flexibility index (Phi) is 3.91. The highest BCUT2D eigenvalue weighted by Gasteiger charge is 2.30. The number of nitrogens with one attached hydrogen (secondary N) is 1. The number of hydrogen-bond acceptors (Lipinski definition) is 5. The SMILES string of the molecule is Cc1noc2nc(C3CC3)cc(C(=O)NC(C(=O)O)c3ccccc3)c12. The summed E-state index contributed by atoms with van der Waals surface area (Å²) in [5.74, 6) is -1.29. The Morgan fingerprint density at radius 3 is 2.65 bits per heavy atom. The van der Waals surface area contributed by atoms with Crippen molar-refractivity contribution in [2.24, 2.45) is 0 Å². The molecule has 7 nitrogen and oxygen atoms in total. The molecule has 1 saturated carbocycles. The second-order valence-corrected chi connectivity index (χ2v) is 6.47. The van der Waals surface area contributed by atoms with Crippen LogP contribution in [0.4, 0.5) is 0 Å². The Labute approximate surface area is 149 Å². The average Bonchev–Trinajstić information content (AvgIpc) is 3.43. The summed E-state index contributed by atoms with van der Waals surface area (Å²) >= 11 is 0. The Balaban J connectivity index is 1.73. The summed E-state index contributed by atoms with van der Waals surface area (Å²) in [6.45, 7) is 1.73. The number of carboxylic acids is 1. The minimum atomic E-state index is -1.14. The molecule has 7 heteroatoms. The molecule has 0 saturated heterocycles. The maximum atomic E-state index is 12.9. The maximum absolute atomic E-state index is 12.9. The quantitative estimate of drug-likeness (QED) is 0.732. The molecule has 132 valence electrons. The van der Waals surface area contributed by atoms with Gasteiger partial charge in [0.15, 0.2) is 6.04 Å². The molecule has 0 spiro atoms. The van der Waals surface area contributed by atoms with Gasteiger partial charge in [0.2, 0.25) is 0 Å². The van der Waals surface area contributed by atoms with E-state index in [4.69, 9.17) is 4.52 Å². The molecule has 26 heavy (non-hydrogen) atoms. The van der Waals surface area contributed by atoms with Gasteiger partial charge in [0, 0.05) is 11.6 Å². The molecule has 2 N–H and O–H groups in total. The molecule has 2 heterocycles. The summed E-state index contributed by atoms with van der Waals surface area (Å²) in [6, 6.07) is 9.18. The van der Waals surface area contributed by atoms with Gasteiger partial charge in [-0.25, -0.2) is 9.78 Å². The van der Waals surface area contributed by atoms with Crippen molar-refractivity contribution in [2.75, 3.05) is 0 Å². The summed E-state index contributed by atoms with van der Waals surface area (Å²) in [7, 11) is 0. The van der Waals surface area contributed by atoms with Crippen LogP contribution >= 0.6 is 0 Å². The topological polar surface area (TPSA) is 105 Å². The fourth-order valence-corrected chi connectivity index (χ4v) is 3.02. The van der Waals surface area contributed by atoms with Crippen LogP contribution in [0.1, 0.15) is 52.1 Å². The van der Waals surface area contributed by atoms with Crippen LogP contribution in [0.5, 0.6) is 0 Å². The molecule has 2 aromatic heterocycles. The first-order valence-electron chi connectivity index (χ1n) is 8.40. The molecular weight excluding hydrogens is 334 g/mol. The second-order valence-electron chi connectivity index (χ2n) is 6.47. The van der Waals surface area contributed by atoms with E-state index in [1.54, 1.807) is 43.3 Å². The van der Waals surface area contributed by atoms with Gasteiger partial charge >= 0.3 is 5.97 Å². The van der Waals surface area contributed by atoms with E-state index in [9.17, 15) is 14.7 Å². The van der Waals surface area contributed by atoms with E-state index in [2.05, 4.69) is 15.5 Å². The number of carbonyl (C=O) groups is 2. The number of hydrogen-bond donors (Lipinski definition) is 2. The van der Waals surface area contributed by atoms with Crippen LogP contribution in [-0.4, -0.2) is 27.1 Å². The van der Waals surface area contributed by atoms with Crippen LogP contribution in [0, 0.1) is 6.92 Å². The summed E-state index contributed by atoms with van der Waals surface area (Å²) in [6.07, 6.45) is 2.04. The summed E-state index contributed by atoms with van der Waals surface area (Å²) in [5.41, 5.74) is 2.49. The fraction of sp³-hybridized carbons (Fsp3) is 0.263. The standard InChI is InChI=1S/C19H17N3O4/c1-10-15-13(9-14(11-7-8-11)20-18(15)26-22-10)17(23)21-16(19(24)25)12-5-3-2-4-6-12/h2-6,9,11,16H,7-8H2,1H3,(H,21,23)(H,24,25). The molecule has 0 radical (unpaired) electrons. The minimum absolute atomic E-state index is 0.309. The van der Waals surface area contributed by atoms with Crippen LogP contribution in [0.3, 0.4) is 0 Å². The predicted molar refractivity (Wildman–Crippen MR) is 92.8 cm³/mol. The van der Waals surface area contributed by atoms with Gasteiger partial charge in [-0.3, -0.25) is 4.79 Å². The summed E-state index contributed by atoms with van der Waals surface area (Å²) in [5, 5.41) is 16.6. The maximum Gasteiger partial charge on any atom is 0.330 e. The van der Waals surface area contributed by atoms with Crippen molar-refractivity contribution in [1.82, 2.24) is 15.5 Å². The predicted octanol–water partition coefficient (Wildman–Crippen LogP) is 2.96. The highest BCUT2D eigenvalue weighted by atomic mass is 16.5. The van der Waals surface area contributed by atoms with Crippen molar-refractivity contribution in [2.45, 2.75) is 31.7 Å². The Bertz CT molecular complexity index is 993. The molecule has 4 rings (SSSR count). The monoisotopic (exact) mass is 351 g/mol. The van der Waals surface area contributed by atoms with Gasteiger partial charge in [-0.15, -0.1) is 0 Å². The van der Waals surface area contributed by atoms with Gasteiger partial charge in [-0.1, -0.05) is 35.5 Å². The normalized spacial score (nSPS) is 15.0. The van der Waals surface area contributed by atoms with Crippen molar-refractivity contribution in [3.63, 3.8) is 0 Å². The number of carboxylic acid groups (broad SMARTS) is 1. The zero-order chi connectivity index (χ0) is 18.3. The van der Waals surface area contributed by atoms with Crippen LogP contribution in [-0.2, 0) is 4.79 Å². The molecule has 3 aromatic rings. The smallest absolute Gasteiger partial charge is 0.330 e. The highest BCUT2D eigenvalue weighted by molar-refractivity contribution is 6.07. The van der Waals surface area contributed by atoms with E-state index >= 15 is 0 Å². The zero-order valence-electron chi connectivity index (χ0n) is 14.1. The molecule has 1 fully saturated rings. The number of aromatic nitrogens is 2. The van der Waals surface area contributed by atoms with E-state index in [0.29, 0.717) is 33.8 Å². The number of amides is 1. The largest absolute Gasteiger partial charge is 0.479 e. The van der Waals surface area contributed by atoms with Gasteiger partial charge in [-0.05, 0) is 31.4 Å². The third kappa shape index (κ3) is 2.92. The number of nitrogens with zero attached hydrogens (tertiary/aromatic N) is 2. The van der Waals surface area contributed by atoms with Gasteiger partial charge in [-0.2, -0.15) is 0 Å². The fourth-order valence-electron chi connectivity index (χ4n) is 3.02. The number of fused-ring (bicyclic) bond motifs is 1. The first-order chi connectivity index (χ1) is 12.5. The highest BCUT2D eigenvalue weighted by Crippen LogP contribution is 2.40. The molecule has 1 aromatic carbocycles. The van der Waals surface area contributed by atoms with Crippen molar-refractivity contribution < 1.29 is 19.2 Å². The zero-order valence-corrected chi connectivity index (χ0v) is 14.1. The van der Waals surface area contributed by atoms with Crippen molar-refractivity contribution in [3.05, 3.63) is 58.9 Å². The van der Waals surface area contributed by atoms with E-state index in [1.807, 2.05) is 0 Å². The Morgan fingerprint density at radius 2 is 2.00 bits per heavy atom. The van der Waals surface area contributed by atoms with Crippen LogP contribution in [0.25, 0.3) is 11.1 Å². The molecule has 1 amide bonds. The molecule has 1 atom stereocenters. The number of aliphatic carboxylic acids is 1. The van der Waals surface area contributed by atoms with Gasteiger partial charge in [0.25, 0.3) is 11.6 Å². The minimum Gasteiger partial charge on any atom is -0.479 e. The first kappa shape index (κ1) is 16.3. The van der Waals surface area contributed by atoms with Crippen molar-refractivity contribution >= 4 is 23.0 Å². The van der Waals surface area contributed by atoms with E-state index in [-0.39, 0.29) is 0 Å². The van der Waals surface area contributed by atoms with Crippen molar-refractivity contribution in [3.8, 4) is 0 Å². The lowest BCUT2D eigenvalue weighted by Gasteiger charge is -2.15. The van der Waals surface area contributed by atoms with Gasteiger partial charge < -0.3 is 14.9 Å². The average molecular weight is 351 g/mol. The van der Waals surface area contributed by atoms with E-state index < -0.39 is 17.9 Å². The summed E-state index contributed by atoms with van der Waals surface area (Å²) in [4.78, 5) is 29.0. The lowest BCUT2D eigenvalue weighted by atomic mass is 10.0. The lowest BCUT2D eigenvalue weighted by molar-refractivity contribution is -0.139. The van der Waals surface area contributed by atoms with E-state index in [1.165, 1.54) is 0 Å². The van der Waals surface area contributed by atoms with Gasteiger partial charge in [0.05, 0.1) is 16.6 Å². The molecule has 0 bridgehead atoms. The number of aryl methyl sites for hydroxylation is 1. The molecule has 1 aliphatic carbocycles. The summed E-state index contributed by atoms with van der Waals surface area (Å²) < 4.78 is 5.24. The van der Waals surface area contributed by atoms with Gasteiger partial charge in [0.1, 0.15) is 0 Å². The number of benzene rings is 1. The number of pyridine rings is 1.